The van der Waals surface area contributed by atoms with Gasteiger partial charge in [0.15, 0.2) is 0 Å². The molecule has 0 unspecified atom stereocenters. The Kier molecular flexibility index (Phi) is 10.9. The lowest BCUT2D eigenvalue weighted by Crippen LogP contribution is -2.43. The van der Waals surface area contributed by atoms with E-state index in [-0.39, 0.29) is 12.6 Å². The van der Waals surface area contributed by atoms with Crippen LogP contribution >= 0.6 is 0 Å². The highest BCUT2D eigenvalue weighted by atomic mass is 28.4. The van der Waals surface area contributed by atoms with Gasteiger partial charge in [-0.15, -0.1) is 0 Å². The molecule has 0 saturated heterocycles. The molecule has 8 heteroatoms. The predicted octanol–water partition coefficient (Wildman–Crippen LogP) is 0.254. The molecule has 1 atom stereocenters. The van der Waals surface area contributed by atoms with E-state index in [1.54, 1.807) is 21.3 Å². The van der Waals surface area contributed by atoms with Crippen molar-refractivity contribution in [3.8, 4) is 0 Å². The lowest BCUT2D eigenvalue weighted by Gasteiger charge is -2.24. The van der Waals surface area contributed by atoms with Crippen LogP contribution in [0.1, 0.15) is 25.7 Å². The Morgan fingerprint density at radius 1 is 1.10 bits per heavy atom. The number of carbonyl (C=O) groups is 1. The van der Waals surface area contributed by atoms with Gasteiger partial charge < -0.3 is 29.5 Å². The highest BCUT2D eigenvalue weighted by Gasteiger charge is 2.37. The van der Waals surface area contributed by atoms with Gasteiger partial charge in [0.05, 0.1) is 6.61 Å². The zero-order valence-electron chi connectivity index (χ0n) is 12.7. The molecule has 20 heavy (non-hydrogen) atoms. The molecule has 0 aromatic rings. The number of hydrogen-bond acceptors (Lipinski definition) is 7. The van der Waals surface area contributed by atoms with Crippen LogP contribution in [-0.2, 0) is 22.8 Å². The van der Waals surface area contributed by atoms with Crippen molar-refractivity contribution in [1.82, 2.24) is 0 Å². The molecular weight excluding hydrogens is 280 g/mol. The Bertz CT molecular complexity index is 256. The maximum Gasteiger partial charge on any atom is 0.500 e. The molecule has 0 radical (unpaired) electrons. The van der Waals surface area contributed by atoms with E-state index in [9.17, 15) is 4.79 Å². The maximum atomic E-state index is 11.6. The summed E-state index contributed by atoms with van der Waals surface area (Å²) in [6.45, 7) is 0.897. The van der Waals surface area contributed by atoms with E-state index in [2.05, 4.69) is 0 Å². The summed E-state index contributed by atoms with van der Waals surface area (Å²) in [6, 6.07) is 0.0162. The molecule has 0 aromatic heterocycles. The number of rotatable bonds is 12. The molecular formula is C12H28N2O5Si. The molecule has 0 rings (SSSR count). The van der Waals surface area contributed by atoms with Gasteiger partial charge in [-0.25, -0.2) is 0 Å². The summed E-state index contributed by atoms with van der Waals surface area (Å²) in [6.07, 6.45) is 2.91. The maximum absolute atomic E-state index is 11.6. The minimum Gasteiger partial charge on any atom is -0.465 e. The zero-order chi connectivity index (χ0) is 15.4. The van der Waals surface area contributed by atoms with Crippen molar-refractivity contribution in [3.63, 3.8) is 0 Å². The predicted molar refractivity (Wildman–Crippen MR) is 78.0 cm³/mol. The molecule has 0 spiro atoms. The Morgan fingerprint density at radius 2 is 1.70 bits per heavy atom. The van der Waals surface area contributed by atoms with Crippen LogP contribution in [0.5, 0.6) is 0 Å². The molecule has 0 amide bonds. The molecule has 0 aliphatic heterocycles. The SMILES string of the molecule is CO[Si](CCCOC(=O)[C@@H](N)CCCCN)(OC)OC. The normalized spacial score (nSPS) is 13.2. The van der Waals surface area contributed by atoms with Crippen molar-refractivity contribution in [3.05, 3.63) is 0 Å². The van der Waals surface area contributed by atoms with Crippen molar-refractivity contribution in [2.75, 3.05) is 34.5 Å². The van der Waals surface area contributed by atoms with Crippen LogP contribution in [0.15, 0.2) is 0 Å². The van der Waals surface area contributed by atoms with Gasteiger partial charge in [0.1, 0.15) is 6.04 Å². The topological polar surface area (TPSA) is 106 Å². The molecule has 0 fully saturated rings. The van der Waals surface area contributed by atoms with Crippen molar-refractivity contribution in [2.24, 2.45) is 11.5 Å². The van der Waals surface area contributed by atoms with E-state index < -0.39 is 14.8 Å². The second-order valence-electron chi connectivity index (χ2n) is 4.46. The number of hydrogen-bond donors (Lipinski definition) is 2. The summed E-state index contributed by atoms with van der Waals surface area (Å²) >= 11 is 0. The van der Waals surface area contributed by atoms with Crippen molar-refractivity contribution >= 4 is 14.8 Å². The van der Waals surface area contributed by atoms with Gasteiger partial charge in [0, 0.05) is 27.4 Å². The first-order valence-corrected chi connectivity index (χ1v) is 8.76. The second-order valence-corrected chi connectivity index (χ2v) is 7.55. The first-order valence-electron chi connectivity index (χ1n) is 6.83. The molecule has 0 heterocycles. The minimum absolute atomic E-state index is 0.286. The van der Waals surface area contributed by atoms with E-state index in [4.69, 9.17) is 29.5 Å². The fourth-order valence-electron chi connectivity index (χ4n) is 1.75. The quantitative estimate of drug-likeness (QED) is 0.302. The van der Waals surface area contributed by atoms with E-state index in [1.807, 2.05) is 0 Å². The van der Waals surface area contributed by atoms with Crippen LogP contribution in [0.25, 0.3) is 0 Å². The lowest BCUT2D eigenvalue weighted by molar-refractivity contribution is -0.145. The molecule has 7 nitrogen and oxygen atoms in total. The van der Waals surface area contributed by atoms with Crippen molar-refractivity contribution in [1.29, 1.82) is 0 Å². The van der Waals surface area contributed by atoms with Gasteiger partial charge >= 0.3 is 14.8 Å². The highest BCUT2D eigenvalue weighted by Crippen LogP contribution is 2.15. The average molecular weight is 308 g/mol. The molecule has 4 N–H and O–H groups in total. The summed E-state index contributed by atoms with van der Waals surface area (Å²) in [7, 11) is 2.08. The average Bonchev–Trinajstić information content (AvgIpc) is 2.48. The summed E-state index contributed by atoms with van der Waals surface area (Å²) < 4.78 is 20.9. The van der Waals surface area contributed by atoms with Gasteiger partial charge in [0.25, 0.3) is 0 Å². The second kappa shape index (κ2) is 11.2. The van der Waals surface area contributed by atoms with E-state index in [0.29, 0.717) is 25.4 Å². The third kappa shape index (κ3) is 7.32. The molecule has 0 aliphatic rings. The summed E-state index contributed by atoms with van der Waals surface area (Å²) in [4.78, 5) is 11.6. The first-order chi connectivity index (χ1) is 9.55. The molecule has 0 aromatic carbocycles. The number of ether oxygens (including phenoxy) is 1. The van der Waals surface area contributed by atoms with E-state index in [1.165, 1.54) is 0 Å². The van der Waals surface area contributed by atoms with Crippen LogP contribution < -0.4 is 11.5 Å². The minimum atomic E-state index is -2.58. The van der Waals surface area contributed by atoms with Gasteiger partial charge in [0.2, 0.25) is 0 Å². The lowest BCUT2D eigenvalue weighted by atomic mass is 10.1. The molecule has 0 bridgehead atoms. The fraction of sp³-hybridized carbons (Fsp3) is 0.917. The number of esters is 1. The van der Waals surface area contributed by atoms with E-state index >= 15 is 0 Å². The smallest absolute Gasteiger partial charge is 0.465 e. The van der Waals surface area contributed by atoms with Crippen molar-refractivity contribution < 1.29 is 22.8 Å². The molecule has 0 saturated carbocycles. The van der Waals surface area contributed by atoms with Crippen LogP contribution in [0.4, 0.5) is 0 Å². The summed E-state index contributed by atoms with van der Waals surface area (Å²) in [5.74, 6) is -0.374. The first kappa shape index (κ1) is 19.5. The largest absolute Gasteiger partial charge is 0.500 e. The summed E-state index contributed by atoms with van der Waals surface area (Å²) in [5.41, 5.74) is 11.1. The van der Waals surface area contributed by atoms with E-state index in [0.717, 1.165) is 12.8 Å². The van der Waals surface area contributed by atoms with Crippen molar-refractivity contribution in [2.45, 2.75) is 37.8 Å². The third-order valence-electron chi connectivity index (χ3n) is 3.08. The standard InChI is InChI=1S/C12H28N2O5Si/c1-16-20(17-2,18-3)10-6-9-19-12(15)11(14)7-4-5-8-13/h11H,4-10,13-14H2,1-3H3/t11-/m0/s1. The van der Waals surface area contributed by atoms with Crippen LogP contribution in [0.3, 0.4) is 0 Å². The highest BCUT2D eigenvalue weighted by molar-refractivity contribution is 6.60. The fourth-order valence-corrected chi connectivity index (χ4v) is 3.44. The van der Waals surface area contributed by atoms with Crippen LogP contribution in [0, 0.1) is 0 Å². The Balaban J connectivity index is 3.85. The van der Waals surface area contributed by atoms with Gasteiger partial charge in [-0.3, -0.25) is 4.79 Å². The zero-order valence-corrected chi connectivity index (χ0v) is 13.7. The third-order valence-corrected chi connectivity index (χ3v) is 5.91. The Hall–Kier alpha value is -0.513. The van der Waals surface area contributed by atoms with Crippen LogP contribution in [-0.4, -0.2) is 55.3 Å². The molecule has 0 aliphatic carbocycles. The summed E-state index contributed by atoms with van der Waals surface area (Å²) in [5, 5.41) is 0. The monoisotopic (exact) mass is 308 g/mol. The number of carbonyl (C=O) groups excluding carboxylic acids is 1. The Morgan fingerprint density at radius 3 is 2.20 bits per heavy atom. The molecule has 120 valence electrons. The van der Waals surface area contributed by atoms with Gasteiger partial charge in [-0.05, 0) is 25.8 Å². The van der Waals surface area contributed by atoms with Gasteiger partial charge in [-0.1, -0.05) is 6.42 Å². The Labute approximate surface area is 122 Å². The number of unbranched alkanes of at least 4 members (excludes halogenated alkanes) is 1. The van der Waals surface area contributed by atoms with Gasteiger partial charge in [-0.2, -0.15) is 0 Å². The van der Waals surface area contributed by atoms with Crippen LogP contribution in [0.2, 0.25) is 6.04 Å². The number of nitrogens with two attached hydrogens (primary N) is 2.